The molecular weight excluding hydrogens is 526 g/mol. The van der Waals surface area contributed by atoms with Gasteiger partial charge in [0.05, 0.1) is 5.52 Å². The lowest BCUT2D eigenvalue weighted by Crippen LogP contribution is -2.46. The Morgan fingerprint density at radius 1 is 0.892 bits per heavy atom. The van der Waals surface area contributed by atoms with Crippen molar-refractivity contribution in [2.75, 3.05) is 18.0 Å². The lowest BCUT2D eigenvalue weighted by Gasteiger charge is -2.55. The summed E-state index contributed by atoms with van der Waals surface area (Å²) in [5.41, 5.74) is 1.99. The summed E-state index contributed by atoms with van der Waals surface area (Å²) in [6.45, 7) is 1.79. The van der Waals surface area contributed by atoms with Gasteiger partial charge in [0.1, 0.15) is 5.82 Å². The van der Waals surface area contributed by atoms with Crippen LogP contribution in [0.1, 0.15) is 44.3 Å². The minimum Gasteiger partial charge on any atom is -0.356 e. The van der Waals surface area contributed by atoms with Crippen molar-refractivity contribution in [2.45, 2.75) is 44.9 Å². The van der Waals surface area contributed by atoms with Crippen molar-refractivity contribution in [1.82, 2.24) is 30.6 Å². The first-order chi connectivity index (χ1) is 18.2. The van der Waals surface area contributed by atoms with E-state index in [1.165, 1.54) is 38.5 Å². The summed E-state index contributed by atoms with van der Waals surface area (Å²) in [4.78, 5) is 12.6. The fourth-order valence-corrected chi connectivity index (χ4v) is 8.12. The van der Waals surface area contributed by atoms with Crippen LogP contribution in [0, 0.1) is 29.6 Å². The number of aromatic nitrogens is 6. The van der Waals surface area contributed by atoms with E-state index >= 15 is 0 Å². The van der Waals surface area contributed by atoms with E-state index in [0.717, 1.165) is 87.5 Å². The number of fused-ring (bicyclic) bond motifs is 1. The number of para-hydroxylation sites is 1. The van der Waals surface area contributed by atoms with Gasteiger partial charge >= 0.3 is 0 Å². The molecule has 8 heteroatoms. The predicted molar refractivity (Wildman–Crippen MR) is 148 cm³/mol. The van der Waals surface area contributed by atoms with E-state index in [0.29, 0.717) is 0 Å². The van der Waals surface area contributed by atoms with E-state index < -0.39 is 0 Å². The number of H-pyrrole nitrogens is 1. The Bertz CT molecular complexity index is 1360. The van der Waals surface area contributed by atoms with Crippen LogP contribution in [-0.4, -0.2) is 43.7 Å². The normalized spacial score (nSPS) is 26.1. The van der Waals surface area contributed by atoms with Crippen molar-refractivity contribution in [2.24, 2.45) is 29.6 Å². The maximum atomic E-state index is 5.20. The first kappa shape index (κ1) is 23.3. The molecule has 4 bridgehead atoms. The van der Waals surface area contributed by atoms with E-state index in [1.807, 2.05) is 12.1 Å². The Kier molecular flexibility index (Phi) is 6.15. The van der Waals surface area contributed by atoms with Gasteiger partial charge in [-0.25, -0.2) is 9.97 Å². The van der Waals surface area contributed by atoms with E-state index in [4.69, 9.17) is 9.97 Å². The number of nitrogens with zero attached hydrogens (tertiary/aromatic N) is 6. The fraction of sp³-hybridized carbons (Fsp3) is 0.483. The summed E-state index contributed by atoms with van der Waals surface area (Å²) in [6.07, 6.45) is 9.30. The lowest BCUT2D eigenvalue weighted by molar-refractivity contribution is -0.0387. The summed E-state index contributed by atoms with van der Waals surface area (Å²) in [5.74, 6) is 7.22. The summed E-state index contributed by atoms with van der Waals surface area (Å²) in [5, 5.41) is 15.9. The summed E-state index contributed by atoms with van der Waals surface area (Å²) < 4.78 is 1.03. The van der Waals surface area contributed by atoms with Crippen LogP contribution in [0.2, 0.25) is 0 Å². The van der Waals surface area contributed by atoms with Crippen LogP contribution in [0.4, 0.5) is 5.82 Å². The second kappa shape index (κ2) is 9.78. The highest BCUT2D eigenvalue weighted by Crippen LogP contribution is 2.57. The maximum absolute atomic E-state index is 5.20. The van der Waals surface area contributed by atoms with Gasteiger partial charge in [0.25, 0.3) is 0 Å². The quantitative estimate of drug-likeness (QED) is 0.282. The highest BCUT2D eigenvalue weighted by Gasteiger charge is 2.47. The molecule has 7 nitrogen and oxygen atoms in total. The standard InChI is InChI=1S/C29H32BrN7/c30-23-5-3-4-20(17-23)28-31-26-7-2-1-6-25(26)29(32-28)37(11-9-27-33-35-36-34-27)10-8-24-21-13-18-12-19(15-21)16-22(24)14-18/h1-7,17-19,21-22,24H,8-16H2,(H,33,34,35,36). The molecule has 0 atom stereocenters. The van der Waals surface area contributed by atoms with Gasteiger partial charge in [-0.2, -0.15) is 5.21 Å². The van der Waals surface area contributed by atoms with Crippen molar-refractivity contribution in [3.05, 3.63) is 58.8 Å². The Morgan fingerprint density at radius 2 is 1.70 bits per heavy atom. The predicted octanol–water partition coefficient (Wildman–Crippen LogP) is 6.08. The van der Waals surface area contributed by atoms with Gasteiger partial charge in [0, 0.05) is 34.9 Å². The zero-order valence-electron chi connectivity index (χ0n) is 20.9. The van der Waals surface area contributed by atoms with Gasteiger partial charge in [-0.1, -0.05) is 45.4 Å². The van der Waals surface area contributed by atoms with E-state index in [9.17, 15) is 0 Å². The number of tetrazole rings is 1. The van der Waals surface area contributed by atoms with Crippen LogP contribution in [0.3, 0.4) is 0 Å². The van der Waals surface area contributed by atoms with Crippen LogP contribution < -0.4 is 4.90 Å². The molecule has 8 rings (SSSR count). The molecule has 4 aliphatic rings. The SMILES string of the molecule is Brc1cccc(-c2nc(N(CCc3nn[nH]n3)CCC3C4CC5CC(C4)CC3C5)c3ccccc3n2)c1. The van der Waals surface area contributed by atoms with Gasteiger partial charge in [-0.15, -0.1) is 10.2 Å². The highest BCUT2D eigenvalue weighted by molar-refractivity contribution is 9.10. The second-order valence-corrected chi connectivity index (χ2v) is 12.3. The monoisotopic (exact) mass is 557 g/mol. The number of anilines is 1. The largest absolute Gasteiger partial charge is 0.356 e. The summed E-state index contributed by atoms with van der Waals surface area (Å²) >= 11 is 3.61. The van der Waals surface area contributed by atoms with E-state index in [-0.39, 0.29) is 0 Å². The van der Waals surface area contributed by atoms with Crippen molar-refractivity contribution in [3.8, 4) is 11.4 Å². The Morgan fingerprint density at radius 3 is 2.46 bits per heavy atom. The molecule has 0 amide bonds. The molecule has 0 radical (unpaired) electrons. The van der Waals surface area contributed by atoms with Crippen LogP contribution in [0.25, 0.3) is 22.3 Å². The van der Waals surface area contributed by atoms with E-state index in [2.05, 4.69) is 77.9 Å². The first-order valence-corrected chi connectivity index (χ1v) is 14.5. The van der Waals surface area contributed by atoms with Gasteiger partial charge in [0.2, 0.25) is 0 Å². The van der Waals surface area contributed by atoms with Gasteiger partial charge in [0.15, 0.2) is 11.6 Å². The molecule has 37 heavy (non-hydrogen) atoms. The molecule has 4 aliphatic carbocycles. The molecule has 4 aromatic rings. The molecule has 2 aromatic carbocycles. The number of hydrogen-bond acceptors (Lipinski definition) is 6. The second-order valence-electron chi connectivity index (χ2n) is 11.3. The number of halogens is 1. The molecule has 4 saturated carbocycles. The molecule has 190 valence electrons. The Hall–Kier alpha value is -2.87. The average molecular weight is 559 g/mol. The molecule has 0 aliphatic heterocycles. The zero-order valence-corrected chi connectivity index (χ0v) is 22.5. The van der Waals surface area contributed by atoms with Crippen molar-refractivity contribution < 1.29 is 0 Å². The number of aromatic amines is 1. The van der Waals surface area contributed by atoms with Crippen LogP contribution in [0.15, 0.2) is 53.0 Å². The van der Waals surface area contributed by atoms with E-state index in [1.54, 1.807) is 0 Å². The molecule has 2 heterocycles. The summed E-state index contributed by atoms with van der Waals surface area (Å²) in [6, 6.07) is 16.6. The maximum Gasteiger partial charge on any atom is 0.176 e. The fourth-order valence-electron chi connectivity index (χ4n) is 7.72. The number of benzene rings is 2. The number of nitrogens with one attached hydrogen (secondary N) is 1. The third-order valence-corrected chi connectivity index (χ3v) is 9.61. The third kappa shape index (κ3) is 4.65. The minimum absolute atomic E-state index is 0.725. The lowest BCUT2D eigenvalue weighted by atomic mass is 9.51. The van der Waals surface area contributed by atoms with Gasteiger partial charge < -0.3 is 4.90 Å². The molecule has 0 spiro atoms. The molecule has 2 aromatic heterocycles. The minimum atomic E-state index is 0.725. The topological polar surface area (TPSA) is 83.5 Å². The number of hydrogen-bond donors (Lipinski definition) is 1. The van der Waals surface area contributed by atoms with Crippen molar-refractivity contribution in [1.29, 1.82) is 0 Å². The first-order valence-electron chi connectivity index (χ1n) is 13.7. The average Bonchev–Trinajstić information content (AvgIpc) is 3.43. The summed E-state index contributed by atoms with van der Waals surface area (Å²) in [7, 11) is 0. The van der Waals surface area contributed by atoms with Crippen molar-refractivity contribution >= 4 is 32.7 Å². The molecule has 0 saturated heterocycles. The van der Waals surface area contributed by atoms with Crippen LogP contribution in [0.5, 0.6) is 0 Å². The smallest absolute Gasteiger partial charge is 0.176 e. The Balaban J connectivity index is 1.23. The highest BCUT2D eigenvalue weighted by atomic mass is 79.9. The van der Waals surface area contributed by atoms with Gasteiger partial charge in [-0.3, -0.25) is 0 Å². The molecule has 0 unspecified atom stereocenters. The molecule has 1 N–H and O–H groups in total. The van der Waals surface area contributed by atoms with Crippen LogP contribution >= 0.6 is 15.9 Å². The number of rotatable bonds is 8. The van der Waals surface area contributed by atoms with Crippen molar-refractivity contribution in [3.63, 3.8) is 0 Å². The van der Waals surface area contributed by atoms with Crippen LogP contribution in [-0.2, 0) is 6.42 Å². The van der Waals surface area contributed by atoms with Gasteiger partial charge in [-0.05, 0) is 92.4 Å². The Labute approximate surface area is 225 Å². The molecule has 4 fully saturated rings. The zero-order chi connectivity index (χ0) is 24.8. The molecular formula is C29H32BrN7. The third-order valence-electron chi connectivity index (χ3n) is 9.11.